The van der Waals surface area contributed by atoms with Gasteiger partial charge in [0, 0.05) is 18.9 Å². The smallest absolute Gasteiger partial charge is 0.138 e. The van der Waals surface area contributed by atoms with E-state index in [-0.39, 0.29) is 0 Å². The second-order valence-electron chi connectivity index (χ2n) is 3.46. The second-order valence-corrected chi connectivity index (χ2v) is 3.46. The molecule has 0 aromatic heterocycles. The molecule has 12 heavy (non-hydrogen) atoms. The molecule has 1 saturated carbocycles. The summed E-state index contributed by atoms with van der Waals surface area (Å²) in [5.41, 5.74) is 0. The van der Waals surface area contributed by atoms with Gasteiger partial charge in [-0.25, -0.2) is 0 Å². The Morgan fingerprint density at radius 1 is 1.42 bits per heavy atom. The average Bonchev–Trinajstić information content (AvgIpc) is 2.86. The van der Waals surface area contributed by atoms with E-state index >= 15 is 0 Å². The summed E-state index contributed by atoms with van der Waals surface area (Å²) in [4.78, 5) is 11.2. The summed E-state index contributed by atoms with van der Waals surface area (Å²) in [5, 5.41) is 0. The van der Waals surface area contributed by atoms with E-state index in [1.807, 2.05) is 0 Å². The molecule has 0 atom stereocenters. The van der Waals surface area contributed by atoms with Gasteiger partial charge >= 0.3 is 0 Å². The zero-order chi connectivity index (χ0) is 8.81. The maximum absolute atomic E-state index is 11.2. The van der Waals surface area contributed by atoms with E-state index in [2.05, 4.69) is 6.92 Å². The summed E-state index contributed by atoms with van der Waals surface area (Å²) in [6.07, 6.45) is 5.14. The minimum Gasteiger partial charge on any atom is -0.381 e. The molecular formula is C10H18O2. The van der Waals surface area contributed by atoms with Gasteiger partial charge in [-0.05, 0) is 19.3 Å². The highest BCUT2D eigenvalue weighted by atomic mass is 16.5. The van der Waals surface area contributed by atoms with Gasteiger partial charge in [-0.1, -0.05) is 13.3 Å². The van der Waals surface area contributed by atoms with Crippen molar-refractivity contribution in [1.29, 1.82) is 0 Å². The lowest BCUT2D eigenvalue weighted by atomic mass is 10.2. The fraction of sp³-hybridized carbons (Fsp3) is 0.900. The van der Waals surface area contributed by atoms with Gasteiger partial charge in [0.2, 0.25) is 0 Å². The van der Waals surface area contributed by atoms with Crippen molar-refractivity contribution in [1.82, 2.24) is 0 Å². The Morgan fingerprint density at radius 2 is 2.17 bits per heavy atom. The van der Waals surface area contributed by atoms with Gasteiger partial charge in [0.05, 0.1) is 6.61 Å². The van der Waals surface area contributed by atoms with E-state index < -0.39 is 0 Å². The molecule has 0 heterocycles. The molecular weight excluding hydrogens is 152 g/mol. The van der Waals surface area contributed by atoms with Crippen molar-refractivity contribution in [3.05, 3.63) is 0 Å². The van der Waals surface area contributed by atoms with Crippen LogP contribution in [0.4, 0.5) is 0 Å². The number of carbonyl (C=O) groups is 1. The number of rotatable bonds is 7. The van der Waals surface area contributed by atoms with Gasteiger partial charge in [0.25, 0.3) is 0 Å². The van der Waals surface area contributed by atoms with Gasteiger partial charge < -0.3 is 4.74 Å². The van der Waals surface area contributed by atoms with Crippen molar-refractivity contribution in [2.75, 3.05) is 13.2 Å². The molecule has 0 amide bonds. The Bertz CT molecular complexity index is 139. The number of ether oxygens (including phenoxy) is 1. The van der Waals surface area contributed by atoms with E-state index in [0.29, 0.717) is 24.7 Å². The topological polar surface area (TPSA) is 26.3 Å². The van der Waals surface area contributed by atoms with Crippen LogP contribution in [-0.4, -0.2) is 19.0 Å². The molecule has 2 heteroatoms. The number of carbonyl (C=O) groups excluding carboxylic acids is 1. The summed E-state index contributed by atoms with van der Waals surface area (Å²) in [6.45, 7) is 3.59. The highest BCUT2D eigenvalue weighted by Crippen LogP contribution is 2.30. The molecule has 0 bridgehead atoms. The van der Waals surface area contributed by atoms with Crippen molar-refractivity contribution in [2.24, 2.45) is 5.92 Å². The molecule has 0 aromatic rings. The third-order valence-corrected chi connectivity index (χ3v) is 2.17. The number of hydrogen-bond acceptors (Lipinski definition) is 2. The molecule has 0 radical (unpaired) electrons. The van der Waals surface area contributed by atoms with Crippen LogP contribution in [0.5, 0.6) is 0 Å². The van der Waals surface area contributed by atoms with E-state index in [1.54, 1.807) is 0 Å². The molecule has 70 valence electrons. The first kappa shape index (κ1) is 9.72. The summed E-state index contributed by atoms with van der Waals surface area (Å²) in [7, 11) is 0. The molecule has 0 aromatic carbocycles. The van der Waals surface area contributed by atoms with E-state index in [1.165, 1.54) is 0 Å². The number of hydrogen-bond donors (Lipinski definition) is 0. The fourth-order valence-corrected chi connectivity index (χ4v) is 1.13. The molecule has 2 nitrogen and oxygen atoms in total. The number of Topliss-reactive ketones (excluding diaryl/α,β-unsaturated/α-hetero) is 1. The number of unbranched alkanes of at least 4 members (excludes halogenated alkanes) is 1. The summed E-state index contributed by atoms with van der Waals surface area (Å²) >= 11 is 0. The van der Waals surface area contributed by atoms with E-state index in [9.17, 15) is 4.79 Å². The lowest BCUT2D eigenvalue weighted by molar-refractivity contribution is -0.121. The Labute approximate surface area is 74.3 Å². The van der Waals surface area contributed by atoms with Crippen molar-refractivity contribution in [3.63, 3.8) is 0 Å². The standard InChI is InChI=1S/C10H18O2/c1-2-3-7-12-8-6-10(11)9-4-5-9/h9H,2-8H2,1H3. The molecule has 1 rings (SSSR count). The van der Waals surface area contributed by atoms with Crippen molar-refractivity contribution >= 4 is 5.78 Å². The normalized spacial score (nSPS) is 16.4. The Morgan fingerprint density at radius 3 is 2.75 bits per heavy atom. The minimum absolute atomic E-state index is 0.403. The Kier molecular flexibility index (Phi) is 4.30. The van der Waals surface area contributed by atoms with Crippen LogP contribution in [0.2, 0.25) is 0 Å². The Balaban J connectivity index is 1.84. The first-order chi connectivity index (χ1) is 5.84. The monoisotopic (exact) mass is 170 g/mol. The second kappa shape index (κ2) is 5.31. The quantitative estimate of drug-likeness (QED) is 0.547. The summed E-state index contributed by atoms with van der Waals surface area (Å²) < 4.78 is 5.30. The first-order valence-electron chi connectivity index (χ1n) is 4.95. The molecule has 0 spiro atoms. The predicted octanol–water partition coefficient (Wildman–Crippen LogP) is 2.17. The largest absolute Gasteiger partial charge is 0.381 e. The van der Waals surface area contributed by atoms with Gasteiger partial charge in [-0.3, -0.25) is 4.79 Å². The van der Waals surface area contributed by atoms with Crippen LogP contribution in [0, 0.1) is 5.92 Å². The van der Waals surface area contributed by atoms with Crippen molar-refractivity contribution in [3.8, 4) is 0 Å². The van der Waals surface area contributed by atoms with Gasteiger partial charge in [-0.15, -0.1) is 0 Å². The number of ketones is 1. The molecule has 0 unspecified atom stereocenters. The lowest BCUT2D eigenvalue weighted by Gasteiger charge is -2.01. The van der Waals surface area contributed by atoms with Crippen molar-refractivity contribution < 1.29 is 9.53 Å². The average molecular weight is 170 g/mol. The summed E-state index contributed by atoms with van der Waals surface area (Å²) in [5.74, 6) is 0.811. The van der Waals surface area contributed by atoms with Crippen LogP contribution in [0.3, 0.4) is 0 Å². The van der Waals surface area contributed by atoms with Crippen LogP contribution < -0.4 is 0 Å². The molecule has 0 saturated heterocycles. The van der Waals surface area contributed by atoms with Crippen LogP contribution in [0.1, 0.15) is 39.0 Å². The fourth-order valence-electron chi connectivity index (χ4n) is 1.13. The van der Waals surface area contributed by atoms with Gasteiger partial charge in [0.15, 0.2) is 0 Å². The van der Waals surface area contributed by atoms with Crippen molar-refractivity contribution in [2.45, 2.75) is 39.0 Å². The van der Waals surface area contributed by atoms with Crippen LogP contribution >= 0.6 is 0 Å². The zero-order valence-electron chi connectivity index (χ0n) is 7.84. The first-order valence-corrected chi connectivity index (χ1v) is 4.95. The van der Waals surface area contributed by atoms with Crippen LogP contribution in [0.25, 0.3) is 0 Å². The third kappa shape index (κ3) is 3.86. The third-order valence-electron chi connectivity index (χ3n) is 2.17. The molecule has 1 fully saturated rings. The predicted molar refractivity (Wildman–Crippen MR) is 48.1 cm³/mol. The maximum atomic E-state index is 11.2. The highest BCUT2D eigenvalue weighted by Gasteiger charge is 2.28. The SMILES string of the molecule is CCCCOCCC(=O)C1CC1. The molecule has 0 N–H and O–H groups in total. The lowest BCUT2D eigenvalue weighted by Crippen LogP contribution is -2.06. The maximum Gasteiger partial charge on any atom is 0.138 e. The molecule has 0 aliphatic heterocycles. The Hall–Kier alpha value is -0.370. The van der Waals surface area contributed by atoms with Gasteiger partial charge in [0.1, 0.15) is 5.78 Å². The zero-order valence-corrected chi connectivity index (χ0v) is 7.84. The van der Waals surface area contributed by atoms with Crippen LogP contribution in [0.15, 0.2) is 0 Å². The highest BCUT2D eigenvalue weighted by molar-refractivity contribution is 5.83. The molecule has 1 aliphatic rings. The van der Waals surface area contributed by atoms with E-state index in [0.717, 1.165) is 32.3 Å². The van der Waals surface area contributed by atoms with Gasteiger partial charge in [-0.2, -0.15) is 0 Å². The minimum atomic E-state index is 0.403. The summed E-state index contributed by atoms with van der Waals surface area (Å²) in [6, 6.07) is 0. The van der Waals surface area contributed by atoms with E-state index in [4.69, 9.17) is 4.74 Å². The van der Waals surface area contributed by atoms with Crippen LogP contribution in [-0.2, 0) is 9.53 Å². The molecule has 1 aliphatic carbocycles.